The maximum atomic E-state index is 12.4. The Hall–Kier alpha value is -1.80. The number of ether oxygens (including phenoxy) is 2. The van der Waals surface area contributed by atoms with Crippen LogP contribution in [0.25, 0.3) is 0 Å². The summed E-state index contributed by atoms with van der Waals surface area (Å²) in [4.78, 5) is 14.0. The highest BCUT2D eigenvalue weighted by molar-refractivity contribution is 5.74. The molecule has 1 heterocycles. The van der Waals surface area contributed by atoms with Crippen LogP contribution in [-0.2, 0) is 9.47 Å². The van der Waals surface area contributed by atoms with Crippen molar-refractivity contribution in [1.82, 2.24) is 10.2 Å². The number of halogens is 3. The molecule has 1 aromatic rings. The summed E-state index contributed by atoms with van der Waals surface area (Å²) in [5, 5.41) is 2.67. The highest BCUT2D eigenvalue weighted by Crippen LogP contribution is 2.25. The summed E-state index contributed by atoms with van der Waals surface area (Å²) in [6.45, 7) is 2.77. The fraction of sp³-hybridized carbons (Fsp3) is 0.588. The molecule has 2 amide bonds. The summed E-state index contributed by atoms with van der Waals surface area (Å²) < 4.78 is 46.7. The summed E-state index contributed by atoms with van der Waals surface area (Å²) in [6.07, 6.45) is -4.74. The van der Waals surface area contributed by atoms with Crippen LogP contribution in [-0.4, -0.2) is 55.6 Å². The first-order valence-electron chi connectivity index (χ1n) is 8.15. The molecule has 1 N–H and O–H groups in total. The van der Waals surface area contributed by atoms with Crippen molar-refractivity contribution in [2.24, 2.45) is 0 Å². The lowest BCUT2D eigenvalue weighted by Gasteiger charge is -2.37. The molecular formula is C17H23F3N2O3. The molecule has 1 saturated heterocycles. The van der Waals surface area contributed by atoms with Crippen molar-refractivity contribution in [2.75, 3.05) is 26.3 Å². The monoisotopic (exact) mass is 360 g/mol. The number of rotatable bonds is 5. The number of carbonyl (C=O) groups is 1. The Morgan fingerprint density at radius 2 is 2.04 bits per heavy atom. The molecule has 8 heteroatoms. The first-order valence-corrected chi connectivity index (χ1v) is 8.15. The Morgan fingerprint density at radius 1 is 1.36 bits per heavy atom. The van der Waals surface area contributed by atoms with Gasteiger partial charge >= 0.3 is 12.2 Å². The smallest absolute Gasteiger partial charge is 0.370 e. The number of morpholine rings is 1. The number of benzene rings is 1. The summed E-state index contributed by atoms with van der Waals surface area (Å²) >= 11 is 0. The first-order chi connectivity index (χ1) is 11.7. The highest BCUT2D eigenvalue weighted by atomic mass is 19.4. The highest BCUT2D eigenvalue weighted by Gasteiger charge is 2.30. The van der Waals surface area contributed by atoms with Gasteiger partial charge in [-0.25, -0.2) is 4.79 Å². The summed E-state index contributed by atoms with van der Waals surface area (Å²) in [5.74, 6) is 0. The zero-order valence-corrected chi connectivity index (χ0v) is 14.3. The molecule has 5 nitrogen and oxygen atoms in total. The van der Waals surface area contributed by atoms with Crippen molar-refractivity contribution in [1.29, 1.82) is 0 Å². The first kappa shape index (κ1) is 19.5. The molecule has 0 aromatic heterocycles. The Morgan fingerprint density at radius 3 is 2.68 bits per heavy atom. The average molecular weight is 360 g/mol. The normalized spacial score (nSPS) is 22.5. The van der Waals surface area contributed by atoms with Gasteiger partial charge in [0, 0.05) is 6.54 Å². The second-order valence-corrected chi connectivity index (χ2v) is 6.23. The van der Waals surface area contributed by atoms with Gasteiger partial charge in [-0.3, -0.25) is 0 Å². The molecular weight excluding hydrogens is 337 g/mol. The van der Waals surface area contributed by atoms with Gasteiger partial charge in [0.1, 0.15) is 12.7 Å². The van der Waals surface area contributed by atoms with E-state index in [9.17, 15) is 18.0 Å². The molecule has 1 aromatic carbocycles. The lowest BCUT2D eigenvalue weighted by molar-refractivity contribution is -0.174. The van der Waals surface area contributed by atoms with E-state index in [0.717, 1.165) is 5.56 Å². The molecule has 0 radical (unpaired) electrons. The molecule has 2 rings (SSSR count). The van der Waals surface area contributed by atoms with Crippen LogP contribution in [0.3, 0.4) is 0 Å². The van der Waals surface area contributed by atoms with Crippen LogP contribution >= 0.6 is 0 Å². The Bertz CT molecular complexity index is 554. The lowest BCUT2D eigenvalue weighted by atomic mass is 10.1. The van der Waals surface area contributed by atoms with Crippen molar-refractivity contribution in [2.45, 2.75) is 38.3 Å². The molecule has 0 spiro atoms. The van der Waals surface area contributed by atoms with Gasteiger partial charge in [0.15, 0.2) is 0 Å². The van der Waals surface area contributed by atoms with Crippen molar-refractivity contribution in [3.8, 4) is 0 Å². The van der Waals surface area contributed by atoms with Gasteiger partial charge in [-0.1, -0.05) is 30.3 Å². The molecule has 0 aliphatic carbocycles. The molecule has 3 unspecified atom stereocenters. The van der Waals surface area contributed by atoms with Crippen LogP contribution in [0.2, 0.25) is 0 Å². The van der Waals surface area contributed by atoms with E-state index in [1.54, 1.807) is 11.8 Å². The van der Waals surface area contributed by atoms with Gasteiger partial charge in [0.05, 0.1) is 25.3 Å². The quantitative estimate of drug-likeness (QED) is 0.878. The lowest BCUT2D eigenvalue weighted by Crippen LogP contribution is -2.52. The predicted molar refractivity (Wildman–Crippen MR) is 86.2 cm³/mol. The van der Waals surface area contributed by atoms with E-state index in [2.05, 4.69) is 10.1 Å². The molecule has 140 valence electrons. The van der Waals surface area contributed by atoms with Crippen molar-refractivity contribution < 1.29 is 27.4 Å². The third kappa shape index (κ3) is 6.55. The maximum absolute atomic E-state index is 12.4. The number of nitrogens with zero attached hydrogens (tertiary/aromatic N) is 1. The van der Waals surface area contributed by atoms with E-state index in [1.165, 1.54) is 0 Å². The predicted octanol–water partition coefficient (Wildman–Crippen LogP) is 3.13. The molecule has 1 aliphatic rings. The summed E-state index contributed by atoms with van der Waals surface area (Å²) in [7, 11) is 0. The second-order valence-electron chi connectivity index (χ2n) is 6.23. The fourth-order valence-corrected chi connectivity index (χ4v) is 2.66. The number of amides is 2. The average Bonchev–Trinajstić information content (AvgIpc) is 2.53. The number of hydrogen-bond acceptors (Lipinski definition) is 3. The van der Waals surface area contributed by atoms with Gasteiger partial charge in [-0.15, -0.1) is 0 Å². The van der Waals surface area contributed by atoms with E-state index in [1.807, 2.05) is 37.3 Å². The Balaban J connectivity index is 1.85. The van der Waals surface area contributed by atoms with Crippen LogP contribution in [0.5, 0.6) is 0 Å². The SMILES string of the molecule is CC(COCC(F)(F)F)NC(=O)N1CC(C)OC(c2ccccc2)C1. The number of urea groups is 1. The van der Waals surface area contributed by atoms with Crippen LogP contribution in [0, 0.1) is 0 Å². The van der Waals surface area contributed by atoms with E-state index in [0.29, 0.717) is 13.1 Å². The number of carbonyl (C=O) groups excluding carboxylic acids is 1. The minimum atomic E-state index is -4.37. The third-order valence-corrected chi connectivity index (χ3v) is 3.72. The molecule has 0 saturated carbocycles. The number of alkyl halides is 3. The van der Waals surface area contributed by atoms with Crippen molar-refractivity contribution >= 4 is 6.03 Å². The zero-order valence-electron chi connectivity index (χ0n) is 14.3. The minimum absolute atomic E-state index is 0.138. The number of hydrogen-bond donors (Lipinski definition) is 1. The van der Waals surface area contributed by atoms with E-state index < -0.39 is 18.8 Å². The topological polar surface area (TPSA) is 50.8 Å². The zero-order chi connectivity index (χ0) is 18.4. The Labute approximate surface area is 145 Å². The van der Waals surface area contributed by atoms with Gasteiger partial charge in [0.2, 0.25) is 0 Å². The van der Waals surface area contributed by atoms with Gasteiger partial charge in [0.25, 0.3) is 0 Å². The largest absolute Gasteiger partial charge is 0.411 e. The Kier molecular flexibility index (Phi) is 6.66. The van der Waals surface area contributed by atoms with Crippen LogP contribution in [0.15, 0.2) is 30.3 Å². The molecule has 0 bridgehead atoms. The second kappa shape index (κ2) is 8.53. The molecule has 3 atom stereocenters. The van der Waals surface area contributed by atoms with E-state index in [4.69, 9.17) is 4.74 Å². The molecule has 25 heavy (non-hydrogen) atoms. The van der Waals surface area contributed by atoms with E-state index in [-0.39, 0.29) is 24.8 Å². The van der Waals surface area contributed by atoms with Crippen LogP contribution < -0.4 is 5.32 Å². The fourth-order valence-electron chi connectivity index (χ4n) is 2.66. The molecule has 1 aliphatic heterocycles. The third-order valence-electron chi connectivity index (χ3n) is 3.72. The summed E-state index contributed by atoms with van der Waals surface area (Å²) in [6, 6.07) is 8.73. The van der Waals surface area contributed by atoms with Gasteiger partial charge < -0.3 is 19.7 Å². The standard InChI is InChI=1S/C17H23F3N2O3/c1-12(10-24-11-17(18,19)20)21-16(23)22-8-13(2)25-15(9-22)14-6-4-3-5-7-14/h3-7,12-13,15H,8-11H2,1-2H3,(H,21,23). The van der Waals surface area contributed by atoms with Gasteiger partial charge in [-0.05, 0) is 19.4 Å². The van der Waals surface area contributed by atoms with Gasteiger partial charge in [-0.2, -0.15) is 13.2 Å². The molecule has 1 fully saturated rings. The minimum Gasteiger partial charge on any atom is -0.370 e. The van der Waals surface area contributed by atoms with Crippen LogP contribution in [0.1, 0.15) is 25.5 Å². The summed E-state index contributed by atoms with van der Waals surface area (Å²) in [5.41, 5.74) is 0.980. The van der Waals surface area contributed by atoms with Crippen molar-refractivity contribution in [3.63, 3.8) is 0 Å². The number of nitrogens with one attached hydrogen (secondary N) is 1. The maximum Gasteiger partial charge on any atom is 0.411 e. The van der Waals surface area contributed by atoms with Crippen molar-refractivity contribution in [3.05, 3.63) is 35.9 Å². The van der Waals surface area contributed by atoms with E-state index >= 15 is 0 Å². The van der Waals surface area contributed by atoms with Crippen LogP contribution in [0.4, 0.5) is 18.0 Å².